The average Bonchev–Trinajstić information content (AvgIpc) is 2.11. The van der Waals surface area contributed by atoms with Crippen molar-refractivity contribution < 1.29 is 14.3 Å². The number of likely N-dealkylation sites (tertiary alicyclic amines) is 1. The molecule has 2 rings (SSSR count). The standard InChI is InChI=1S/C14H23NO3/c1-14(2,3)18-13(17)15-8-11(9-15)10-5-4-6-12(16)7-10/h10-11H,4-9H2,1-3H3. The summed E-state index contributed by atoms with van der Waals surface area (Å²) >= 11 is 0. The number of hydrogen-bond donors (Lipinski definition) is 0. The molecule has 1 aliphatic carbocycles. The summed E-state index contributed by atoms with van der Waals surface area (Å²) in [6.45, 7) is 7.14. The summed E-state index contributed by atoms with van der Waals surface area (Å²) < 4.78 is 5.32. The normalized spacial score (nSPS) is 25.8. The highest BCUT2D eigenvalue weighted by atomic mass is 16.6. The lowest BCUT2D eigenvalue weighted by Crippen LogP contribution is -2.54. The number of hydrogen-bond acceptors (Lipinski definition) is 3. The van der Waals surface area contributed by atoms with Crippen molar-refractivity contribution in [3.63, 3.8) is 0 Å². The topological polar surface area (TPSA) is 46.6 Å². The van der Waals surface area contributed by atoms with Crippen LogP contribution in [0.25, 0.3) is 0 Å². The van der Waals surface area contributed by atoms with Crippen LogP contribution in [0.2, 0.25) is 0 Å². The van der Waals surface area contributed by atoms with Gasteiger partial charge in [-0.3, -0.25) is 4.79 Å². The molecule has 0 aromatic carbocycles. The first-order valence-corrected chi connectivity index (χ1v) is 6.85. The van der Waals surface area contributed by atoms with Gasteiger partial charge in [-0.2, -0.15) is 0 Å². The fourth-order valence-electron chi connectivity index (χ4n) is 2.75. The average molecular weight is 253 g/mol. The van der Waals surface area contributed by atoms with Crippen LogP contribution in [-0.2, 0) is 9.53 Å². The predicted molar refractivity (Wildman–Crippen MR) is 68.3 cm³/mol. The van der Waals surface area contributed by atoms with E-state index in [1.54, 1.807) is 4.90 Å². The highest BCUT2D eigenvalue weighted by Crippen LogP contribution is 2.34. The van der Waals surface area contributed by atoms with Crippen LogP contribution in [0, 0.1) is 11.8 Å². The van der Waals surface area contributed by atoms with Gasteiger partial charge in [0.15, 0.2) is 0 Å². The number of Topliss-reactive ketones (excluding diaryl/α,β-unsaturated/α-hetero) is 1. The molecule has 0 spiro atoms. The van der Waals surface area contributed by atoms with E-state index in [1.165, 1.54) is 0 Å². The monoisotopic (exact) mass is 253 g/mol. The molecule has 0 aromatic rings. The molecule has 2 fully saturated rings. The Morgan fingerprint density at radius 1 is 1.28 bits per heavy atom. The van der Waals surface area contributed by atoms with Crippen LogP contribution >= 0.6 is 0 Å². The number of carbonyl (C=O) groups excluding carboxylic acids is 2. The van der Waals surface area contributed by atoms with E-state index in [4.69, 9.17) is 4.74 Å². The number of ether oxygens (including phenoxy) is 1. The Labute approximate surface area is 109 Å². The second-order valence-corrected chi connectivity index (χ2v) is 6.54. The van der Waals surface area contributed by atoms with Crippen LogP contribution in [0.5, 0.6) is 0 Å². The fourth-order valence-corrected chi connectivity index (χ4v) is 2.75. The maximum atomic E-state index is 11.8. The number of ketones is 1. The van der Waals surface area contributed by atoms with E-state index < -0.39 is 5.60 Å². The van der Waals surface area contributed by atoms with Gasteiger partial charge in [0.1, 0.15) is 11.4 Å². The first-order valence-electron chi connectivity index (χ1n) is 6.85. The summed E-state index contributed by atoms with van der Waals surface area (Å²) in [5, 5.41) is 0. The van der Waals surface area contributed by atoms with Gasteiger partial charge in [0.05, 0.1) is 0 Å². The lowest BCUT2D eigenvalue weighted by Gasteiger charge is -2.44. The van der Waals surface area contributed by atoms with Crippen molar-refractivity contribution in [2.45, 2.75) is 52.1 Å². The summed E-state index contributed by atoms with van der Waals surface area (Å²) in [6.07, 6.45) is 3.40. The molecule has 1 heterocycles. The summed E-state index contributed by atoms with van der Waals surface area (Å²) in [5.74, 6) is 1.38. The van der Waals surface area contributed by atoms with E-state index in [-0.39, 0.29) is 6.09 Å². The van der Waals surface area contributed by atoms with Gasteiger partial charge >= 0.3 is 6.09 Å². The minimum absolute atomic E-state index is 0.221. The zero-order chi connectivity index (χ0) is 13.3. The SMILES string of the molecule is CC(C)(C)OC(=O)N1CC(C2CCCC(=O)C2)C1. The summed E-state index contributed by atoms with van der Waals surface area (Å²) in [6, 6.07) is 0. The van der Waals surface area contributed by atoms with E-state index in [1.807, 2.05) is 20.8 Å². The molecule has 1 atom stereocenters. The Kier molecular flexibility index (Phi) is 3.64. The first-order chi connectivity index (χ1) is 8.35. The summed E-state index contributed by atoms with van der Waals surface area (Å²) in [5.41, 5.74) is -0.428. The van der Waals surface area contributed by atoms with Gasteiger partial charge in [0.2, 0.25) is 0 Å². The van der Waals surface area contributed by atoms with Gasteiger partial charge in [-0.25, -0.2) is 4.79 Å². The number of nitrogens with zero attached hydrogens (tertiary/aromatic N) is 1. The second-order valence-electron chi connectivity index (χ2n) is 6.54. The molecule has 1 unspecified atom stereocenters. The van der Waals surface area contributed by atoms with Gasteiger partial charge < -0.3 is 9.64 Å². The second kappa shape index (κ2) is 4.90. The Hall–Kier alpha value is -1.06. The van der Waals surface area contributed by atoms with Crippen molar-refractivity contribution in [2.24, 2.45) is 11.8 Å². The molecule has 0 aromatic heterocycles. The molecule has 2 aliphatic rings. The van der Waals surface area contributed by atoms with Gasteiger partial charge in [-0.1, -0.05) is 0 Å². The van der Waals surface area contributed by atoms with Crippen LogP contribution in [0.3, 0.4) is 0 Å². The third kappa shape index (κ3) is 3.24. The van der Waals surface area contributed by atoms with Crippen LogP contribution in [-0.4, -0.2) is 35.5 Å². The predicted octanol–water partition coefficient (Wildman–Crippen LogP) is 2.61. The zero-order valence-electron chi connectivity index (χ0n) is 11.6. The highest BCUT2D eigenvalue weighted by molar-refractivity contribution is 5.79. The molecule has 0 bridgehead atoms. The Morgan fingerprint density at radius 2 is 1.94 bits per heavy atom. The van der Waals surface area contributed by atoms with Crippen molar-refractivity contribution in [2.75, 3.05) is 13.1 Å². The number of carbonyl (C=O) groups is 2. The minimum atomic E-state index is -0.428. The highest BCUT2D eigenvalue weighted by Gasteiger charge is 2.39. The molecule has 1 saturated carbocycles. The van der Waals surface area contributed by atoms with Crippen molar-refractivity contribution in [3.8, 4) is 0 Å². The lowest BCUT2D eigenvalue weighted by molar-refractivity contribution is -0.122. The molecule has 0 radical (unpaired) electrons. The summed E-state index contributed by atoms with van der Waals surface area (Å²) in [7, 11) is 0. The van der Waals surface area contributed by atoms with E-state index in [0.29, 0.717) is 24.0 Å². The van der Waals surface area contributed by atoms with Crippen molar-refractivity contribution >= 4 is 11.9 Å². The molecular formula is C14H23NO3. The smallest absolute Gasteiger partial charge is 0.410 e. The molecule has 1 aliphatic heterocycles. The van der Waals surface area contributed by atoms with E-state index in [2.05, 4.69) is 0 Å². The molecule has 4 nitrogen and oxygen atoms in total. The molecule has 1 amide bonds. The number of rotatable bonds is 1. The fraction of sp³-hybridized carbons (Fsp3) is 0.857. The van der Waals surface area contributed by atoms with E-state index in [0.717, 1.165) is 32.4 Å². The van der Waals surface area contributed by atoms with Crippen LogP contribution in [0.4, 0.5) is 4.79 Å². The third-order valence-electron chi connectivity index (χ3n) is 3.75. The van der Waals surface area contributed by atoms with Gasteiger partial charge in [0.25, 0.3) is 0 Å². The molecular weight excluding hydrogens is 230 g/mol. The van der Waals surface area contributed by atoms with Crippen molar-refractivity contribution in [3.05, 3.63) is 0 Å². The molecule has 4 heteroatoms. The minimum Gasteiger partial charge on any atom is -0.444 e. The van der Waals surface area contributed by atoms with Crippen LogP contribution in [0.1, 0.15) is 46.5 Å². The largest absolute Gasteiger partial charge is 0.444 e. The Bertz CT molecular complexity index is 339. The molecule has 0 N–H and O–H groups in total. The van der Waals surface area contributed by atoms with Crippen molar-refractivity contribution in [1.82, 2.24) is 4.90 Å². The van der Waals surface area contributed by atoms with Gasteiger partial charge in [-0.05, 0) is 45.4 Å². The molecule has 1 saturated heterocycles. The van der Waals surface area contributed by atoms with Crippen LogP contribution < -0.4 is 0 Å². The van der Waals surface area contributed by atoms with Crippen molar-refractivity contribution in [1.29, 1.82) is 0 Å². The van der Waals surface area contributed by atoms with E-state index in [9.17, 15) is 9.59 Å². The molecule has 102 valence electrons. The van der Waals surface area contributed by atoms with Crippen LogP contribution in [0.15, 0.2) is 0 Å². The molecule has 18 heavy (non-hydrogen) atoms. The van der Waals surface area contributed by atoms with Gasteiger partial charge in [0, 0.05) is 25.9 Å². The maximum Gasteiger partial charge on any atom is 0.410 e. The number of amides is 1. The Morgan fingerprint density at radius 3 is 2.50 bits per heavy atom. The Balaban J connectivity index is 1.76. The quantitative estimate of drug-likeness (QED) is 0.721. The first kappa shape index (κ1) is 13.4. The van der Waals surface area contributed by atoms with E-state index >= 15 is 0 Å². The summed E-state index contributed by atoms with van der Waals surface area (Å²) in [4.78, 5) is 24.9. The maximum absolute atomic E-state index is 11.8. The lowest BCUT2D eigenvalue weighted by atomic mass is 9.76. The zero-order valence-corrected chi connectivity index (χ0v) is 11.6. The third-order valence-corrected chi connectivity index (χ3v) is 3.75. The van der Waals surface area contributed by atoms with Gasteiger partial charge in [-0.15, -0.1) is 0 Å².